The Hall–Kier alpha value is -3.32. The van der Waals surface area contributed by atoms with Crippen molar-refractivity contribution in [3.8, 4) is 0 Å². The van der Waals surface area contributed by atoms with Crippen LogP contribution >= 0.6 is 11.6 Å². The smallest absolute Gasteiger partial charge is 0.272 e. The summed E-state index contributed by atoms with van der Waals surface area (Å²) in [7, 11) is 0. The molecule has 1 saturated heterocycles. The van der Waals surface area contributed by atoms with E-state index in [1.807, 2.05) is 0 Å². The zero-order valence-electron chi connectivity index (χ0n) is 14.7. The van der Waals surface area contributed by atoms with Gasteiger partial charge in [-0.05, 0) is 42.8 Å². The molecule has 1 fully saturated rings. The number of furan rings is 1. The van der Waals surface area contributed by atoms with Gasteiger partial charge < -0.3 is 19.6 Å². The number of nitrogens with one attached hydrogen (secondary N) is 2. The number of amides is 2. The molecule has 28 heavy (non-hydrogen) atoms. The van der Waals surface area contributed by atoms with Crippen LogP contribution in [0.3, 0.4) is 0 Å². The molecule has 7 nitrogen and oxygen atoms in total. The Balaban J connectivity index is 1.47. The average Bonchev–Trinajstić information content (AvgIpc) is 3.43. The first-order valence-corrected chi connectivity index (χ1v) is 9.08. The molecule has 142 valence electrons. The number of ketones is 1. The summed E-state index contributed by atoms with van der Waals surface area (Å²) >= 11 is 6.30. The van der Waals surface area contributed by atoms with Crippen LogP contribution in [0.15, 0.2) is 53.3 Å². The summed E-state index contributed by atoms with van der Waals surface area (Å²) in [6, 6.07) is 9.63. The molecule has 0 saturated carbocycles. The SMILES string of the molecule is O=C(Nc1ccc(N2CCCC2=O)c(Cl)c1)c1cc(C(=O)c2ccco2)c[nH]1. The van der Waals surface area contributed by atoms with Gasteiger partial charge in [-0.2, -0.15) is 0 Å². The van der Waals surface area contributed by atoms with Gasteiger partial charge in [0.15, 0.2) is 5.76 Å². The normalized spacial score (nSPS) is 13.8. The molecular formula is C20H16ClN3O4. The number of aromatic nitrogens is 1. The number of aromatic amines is 1. The number of H-pyrrole nitrogens is 1. The molecule has 3 aromatic rings. The van der Waals surface area contributed by atoms with Crippen LogP contribution in [0.5, 0.6) is 0 Å². The number of hydrogen-bond donors (Lipinski definition) is 2. The quantitative estimate of drug-likeness (QED) is 0.639. The Morgan fingerprint density at radius 2 is 2.07 bits per heavy atom. The number of rotatable bonds is 5. The van der Waals surface area contributed by atoms with E-state index in [1.165, 1.54) is 18.5 Å². The van der Waals surface area contributed by atoms with E-state index in [-0.39, 0.29) is 23.1 Å². The maximum atomic E-state index is 12.5. The van der Waals surface area contributed by atoms with E-state index < -0.39 is 5.91 Å². The Bertz CT molecular complexity index is 1060. The first kappa shape index (κ1) is 18.1. The Morgan fingerprint density at radius 3 is 2.75 bits per heavy atom. The highest BCUT2D eigenvalue weighted by molar-refractivity contribution is 6.34. The molecule has 2 amide bonds. The van der Waals surface area contributed by atoms with Gasteiger partial charge in [-0.1, -0.05) is 11.6 Å². The van der Waals surface area contributed by atoms with Crippen molar-refractivity contribution in [2.24, 2.45) is 0 Å². The van der Waals surface area contributed by atoms with Gasteiger partial charge in [-0.15, -0.1) is 0 Å². The topological polar surface area (TPSA) is 95.4 Å². The van der Waals surface area contributed by atoms with Gasteiger partial charge in [0, 0.05) is 30.4 Å². The lowest BCUT2D eigenvalue weighted by Gasteiger charge is -2.18. The van der Waals surface area contributed by atoms with Crippen LogP contribution < -0.4 is 10.2 Å². The molecule has 8 heteroatoms. The number of carbonyl (C=O) groups excluding carboxylic acids is 3. The number of benzene rings is 1. The van der Waals surface area contributed by atoms with Crippen molar-refractivity contribution in [2.45, 2.75) is 12.8 Å². The van der Waals surface area contributed by atoms with Crippen LogP contribution in [0.1, 0.15) is 39.4 Å². The predicted octanol–water partition coefficient (Wildman–Crippen LogP) is 3.87. The molecule has 4 rings (SSSR count). The maximum Gasteiger partial charge on any atom is 0.272 e. The fourth-order valence-electron chi connectivity index (χ4n) is 3.11. The van der Waals surface area contributed by atoms with Gasteiger partial charge in [-0.25, -0.2) is 0 Å². The molecule has 1 aromatic carbocycles. The van der Waals surface area contributed by atoms with Crippen LogP contribution in [0, 0.1) is 0 Å². The summed E-state index contributed by atoms with van der Waals surface area (Å²) in [5, 5.41) is 3.10. The van der Waals surface area contributed by atoms with E-state index in [0.29, 0.717) is 34.9 Å². The van der Waals surface area contributed by atoms with Crippen molar-refractivity contribution in [2.75, 3.05) is 16.8 Å². The monoisotopic (exact) mass is 397 g/mol. The lowest BCUT2D eigenvalue weighted by atomic mass is 10.1. The second-order valence-corrected chi connectivity index (χ2v) is 6.78. The second kappa shape index (κ2) is 7.36. The summed E-state index contributed by atoms with van der Waals surface area (Å²) in [4.78, 5) is 41.0. The summed E-state index contributed by atoms with van der Waals surface area (Å²) in [6.45, 7) is 0.638. The predicted molar refractivity (Wildman–Crippen MR) is 104 cm³/mol. The molecular weight excluding hydrogens is 382 g/mol. The zero-order chi connectivity index (χ0) is 19.7. The minimum Gasteiger partial charge on any atom is -0.461 e. The maximum absolute atomic E-state index is 12.5. The Morgan fingerprint density at radius 1 is 1.21 bits per heavy atom. The van der Waals surface area contributed by atoms with Crippen molar-refractivity contribution < 1.29 is 18.8 Å². The summed E-state index contributed by atoms with van der Waals surface area (Å²) in [6.07, 6.45) is 4.19. The van der Waals surface area contributed by atoms with Crippen LogP contribution in [0.2, 0.25) is 5.02 Å². The van der Waals surface area contributed by atoms with E-state index in [4.69, 9.17) is 16.0 Å². The Labute approximate surface area is 165 Å². The lowest BCUT2D eigenvalue weighted by Crippen LogP contribution is -2.24. The lowest BCUT2D eigenvalue weighted by molar-refractivity contribution is -0.117. The van der Waals surface area contributed by atoms with E-state index in [2.05, 4.69) is 10.3 Å². The number of carbonyl (C=O) groups is 3. The summed E-state index contributed by atoms with van der Waals surface area (Å²) < 4.78 is 5.08. The molecule has 0 bridgehead atoms. The number of anilines is 2. The van der Waals surface area contributed by atoms with E-state index in [0.717, 1.165) is 6.42 Å². The number of halogens is 1. The van der Waals surface area contributed by atoms with Gasteiger partial charge in [0.2, 0.25) is 11.7 Å². The highest BCUT2D eigenvalue weighted by Crippen LogP contribution is 2.31. The van der Waals surface area contributed by atoms with Gasteiger partial charge >= 0.3 is 0 Å². The third kappa shape index (κ3) is 3.44. The standard InChI is InChI=1S/C20H16ClN3O4/c21-14-10-13(5-6-16(14)24-7-1-4-18(24)25)23-20(27)15-9-12(11-22-15)19(26)17-3-2-8-28-17/h2-3,5-6,8-11,22H,1,4,7H2,(H,23,27). The number of nitrogens with zero attached hydrogens (tertiary/aromatic N) is 1. The van der Waals surface area contributed by atoms with Crippen molar-refractivity contribution in [1.29, 1.82) is 0 Å². The summed E-state index contributed by atoms with van der Waals surface area (Å²) in [5.41, 5.74) is 1.66. The fraction of sp³-hybridized carbons (Fsp3) is 0.150. The minimum atomic E-state index is -0.417. The third-order valence-corrected chi connectivity index (χ3v) is 4.81. The first-order valence-electron chi connectivity index (χ1n) is 8.71. The largest absolute Gasteiger partial charge is 0.461 e. The van der Waals surface area contributed by atoms with E-state index >= 15 is 0 Å². The van der Waals surface area contributed by atoms with Crippen LogP contribution in [-0.2, 0) is 4.79 Å². The van der Waals surface area contributed by atoms with Crippen LogP contribution in [0.25, 0.3) is 0 Å². The van der Waals surface area contributed by atoms with Crippen LogP contribution in [0.4, 0.5) is 11.4 Å². The van der Waals surface area contributed by atoms with Gasteiger partial charge in [0.05, 0.1) is 17.0 Å². The second-order valence-electron chi connectivity index (χ2n) is 6.38. The molecule has 0 spiro atoms. The molecule has 2 N–H and O–H groups in total. The molecule has 2 aromatic heterocycles. The van der Waals surface area contributed by atoms with Crippen molar-refractivity contribution in [3.05, 3.63) is 70.9 Å². The molecule has 3 heterocycles. The average molecular weight is 398 g/mol. The minimum absolute atomic E-state index is 0.0406. The molecule has 0 radical (unpaired) electrons. The molecule has 0 unspecified atom stereocenters. The zero-order valence-corrected chi connectivity index (χ0v) is 15.5. The molecule has 1 aliphatic heterocycles. The fourth-order valence-corrected chi connectivity index (χ4v) is 3.39. The number of hydrogen-bond acceptors (Lipinski definition) is 4. The molecule has 0 atom stereocenters. The highest BCUT2D eigenvalue weighted by atomic mass is 35.5. The molecule has 1 aliphatic rings. The first-order chi connectivity index (χ1) is 13.5. The van der Waals surface area contributed by atoms with E-state index in [1.54, 1.807) is 35.2 Å². The van der Waals surface area contributed by atoms with Gasteiger partial charge in [0.25, 0.3) is 5.91 Å². The van der Waals surface area contributed by atoms with Crippen LogP contribution in [-0.4, -0.2) is 29.1 Å². The van der Waals surface area contributed by atoms with Crippen molar-refractivity contribution in [1.82, 2.24) is 4.98 Å². The molecule has 0 aliphatic carbocycles. The third-order valence-electron chi connectivity index (χ3n) is 4.50. The van der Waals surface area contributed by atoms with Crippen molar-refractivity contribution >= 4 is 40.6 Å². The van der Waals surface area contributed by atoms with Gasteiger partial charge in [0.1, 0.15) is 5.69 Å². The van der Waals surface area contributed by atoms with Crippen molar-refractivity contribution in [3.63, 3.8) is 0 Å². The Kier molecular flexibility index (Phi) is 4.75. The summed E-state index contributed by atoms with van der Waals surface area (Å²) in [5.74, 6) is -0.494. The van der Waals surface area contributed by atoms with Gasteiger partial charge in [-0.3, -0.25) is 14.4 Å². The highest BCUT2D eigenvalue weighted by Gasteiger charge is 2.24. The van der Waals surface area contributed by atoms with E-state index in [9.17, 15) is 14.4 Å².